The van der Waals surface area contributed by atoms with E-state index in [-0.39, 0.29) is 24.8 Å². The summed E-state index contributed by atoms with van der Waals surface area (Å²) in [6.45, 7) is 12.2. The number of piperazine rings is 2. The zero-order chi connectivity index (χ0) is 15.9. The molecule has 0 atom stereocenters. The van der Waals surface area contributed by atoms with Crippen LogP contribution in [0.3, 0.4) is 0 Å². The molecule has 3 fully saturated rings. The van der Waals surface area contributed by atoms with Gasteiger partial charge in [-0.2, -0.15) is 0 Å². The second-order valence-electron chi connectivity index (χ2n) is 7.08. The molecule has 0 aromatic rings. The number of nitrogens with zero attached hydrogens (tertiary/aromatic N) is 3. The molecule has 25 heavy (non-hydrogen) atoms. The van der Waals surface area contributed by atoms with Crippen LogP contribution in [0.2, 0.25) is 0 Å². The first-order valence-electron chi connectivity index (χ1n) is 9.32. The molecular weight excluding hydrogens is 363 g/mol. The number of amides is 1. The Morgan fingerprint density at radius 2 is 1.52 bits per heavy atom. The lowest BCUT2D eigenvalue weighted by molar-refractivity contribution is -0.132. The van der Waals surface area contributed by atoms with Crippen molar-refractivity contribution in [2.45, 2.75) is 19.3 Å². The molecular formula is C17H34Cl2N4O2. The quantitative estimate of drug-likeness (QED) is 0.740. The molecule has 1 amide bonds. The predicted molar refractivity (Wildman–Crippen MR) is 105 cm³/mol. The Balaban J connectivity index is 0.00000156. The Hall–Kier alpha value is -0.110. The van der Waals surface area contributed by atoms with E-state index in [0.29, 0.717) is 12.3 Å². The van der Waals surface area contributed by atoms with Crippen molar-refractivity contribution < 1.29 is 9.53 Å². The number of ether oxygens (including phenoxy) is 1. The van der Waals surface area contributed by atoms with Crippen LogP contribution in [0.25, 0.3) is 0 Å². The summed E-state index contributed by atoms with van der Waals surface area (Å²) in [7, 11) is 0. The number of rotatable bonds is 5. The van der Waals surface area contributed by atoms with Crippen LogP contribution in [0.1, 0.15) is 19.3 Å². The molecule has 8 heteroatoms. The van der Waals surface area contributed by atoms with E-state index < -0.39 is 0 Å². The smallest absolute Gasteiger partial charge is 0.223 e. The Kier molecular flexibility index (Phi) is 11.3. The van der Waals surface area contributed by atoms with Gasteiger partial charge in [0.1, 0.15) is 0 Å². The molecule has 0 bridgehead atoms. The minimum absolute atomic E-state index is 0. The van der Waals surface area contributed by atoms with Gasteiger partial charge in [-0.1, -0.05) is 0 Å². The average Bonchev–Trinajstić information content (AvgIpc) is 2.62. The fourth-order valence-electron chi connectivity index (χ4n) is 3.82. The summed E-state index contributed by atoms with van der Waals surface area (Å²) < 4.78 is 5.44. The number of hydrogen-bond donors (Lipinski definition) is 1. The summed E-state index contributed by atoms with van der Waals surface area (Å²) in [6.07, 6.45) is 3.12. The number of carbonyl (C=O) groups excluding carboxylic acids is 1. The molecule has 0 saturated carbocycles. The molecule has 3 aliphatic rings. The Morgan fingerprint density at radius 1 is 0.920 bits per heavy atom. The van der Waals surface area contributed by atoms with Crippen LogP contribution in [0.4, 0.5) is 0 Å². The van der Waals surface area contributed by atoms with Crippen molar-refractivity contribution in [2.24, 2.45) is 5.92 Å². The summed E-state index contributed by atoms with van der Waals surface area (Å²) in [5.41, 5.74) is 0. The summed E-state index contributed by atoms with van der Waals surface area (Å²) in [6, 6.07) is 0. The molecule has 0 aromatic carbocycles. The summed E-state index contributed by atoms with van der Waals surface area (Å²) in [5.74, 6) is 1.15. The largest absolute Gasteiger partial charge is 0.381 e. The third-order valence-corrected chi connectivity index (χ3v) is 5.43. The lowest BCUT2D eigenvalue weighted by Crippen LogP contribution is -2.50. The average molecular weight is 397 g/mol. The topological polar surface area (TPSA) is 48.1 Å². The van der Waals surface area contributed by atoms with Gasteiger partial charge in [0.15, 0.2) is 0 Å². The Labute approximate surface area is 164 Å². The van der Waals surface area contributed by atoms with Gasteiger partial charge in [0.25, 0.3) is 0 Å². The van der Waals surface area contributed by atoms with E-state index >= 15 is 0 Å². The van der Waals surface area contributed by atoms with Crippen molar-refractivity contribution in [1.82, 2.24) is 20.0 Å². The van der Waals surface area contributed by atoms with Gasteiger partial charge in [0, 0.05) is 85.1 Å². The first-order chi connectivity index (χ1) is 11.3. The highest BCUT2D eigenvalue weighted by Gasteiger charge is 2.23. The third-order valence-electron chi connectivity index (χ3n) is 5.43. The van der Waals surface area contributed by atoms with Crippen LogP contribution < -0.4 is 5.32 Å². The predicted octanol–water partition coefficient (Wildman–Crippen LogP) is 0.696. The SMILES string of the molecule is Cl.Cl.O=C(CCN1CCN(CC2CCOCC2)CC1)N1CCNCC1. The summed E-state index contributed by atoms with van der Waals surface area (Å²) >= 11 is 0. The fraction of sp³-hybridized carbons (Fsp3) is 0.941. The molecule has 0 aromatic heterocycles. The van der Waals surface area contributed by atoms with Gasteiger partial charge in [-0.15, -0.1) is 24.8 Å². The highest BCUT2D eigenvalue weighted by molar-refractivity contribution is 5.85. The lowest BCUT2D eigenvalue weighted by Gasteiger charge is -2.37. The maximum absolute atomic E-state index is 12.2. The van der Waals surface area contributed by atoms with Crippen molar-refractivity contribution in [1.29, 1.82) is 0 Å². The second kappa shape index (κ2) is 12.3. The first-order valence-corrected chi connectivity index (χ1v) is 9.32. The van der Waals surface area contributed by atoms with E-state index in [1.54, 1.807) is 0 Å². The van der Waals surface area contributed by atoms with Gasteiger partial charge in [-0.3, -0.25) is 4.79 Å². The zero-order valence-corrected chi connectivity index (χ0v) is 16.8. The fourth-order valence-corrected chi connectivity index (χ4v) is 3.82. The Bertz CT molecular complexity index is 370. The van der Waals surface area contributed by atoms with Crippen molar-refractivity contribution in [3.63, 3.8) is 0 Å². The van der Waals surface area contributed by atoms with E-state index in [1.165, 1.54) is 19.4 Å². The monoisotopic (exact) mass is 396 g/mol. The normalized spacial score (nSPS) is 23.6. The maximum atomic E-state index is 12.2. The molecule has 148 valence electrons. The van der Waals surface area contributed by atoms with Crippen molar-refractivity contribution in [3.05, 3.63) is 0 Å². The molecule has 1 N–H and O–H groups in total. The number of nitrogens with one attached hydrogen (secondary N) is 1. The molecule has 0 unspecified atom stereocenters. The minimum Gasteiger partial charge on any atom is -0.381 e. The molecule has 3 heterocycles. The summed E-state index contributed by atoms with van der Waals surface area (Å²) in [4.78, 5) is 19.3. The first kappa shape index (κ1) is 22.9. The van der Waals surface area contributed by atoms with E-state index in [1.807, 2.05) is 4.90 Å². The third kappa shape index (κ3) is 7.57. The lowest BCUT2D eigenvalue weighted by atomic mass is 9.99. The van der Waals surface area contributed by atoms with Crippen molar-refractivity contribution in [3.8, 4) is 0 Å². The van der Waals surface area contributed by atoms with E-state index in [0.717, 1.165) is 78.0 Å². The van der Waals surface area contributed by atoms with Crippen molar-refractivity contribution in [2.75, 3.05) is 78.7 Å². The van der Waals surface area contributed by atoms with Crippen LogP contribution in [0.15, 0.2) is 0 Å². The van der Waals surface area contributed by atoms with Crippen LogP contribution >= 0.6 is 24.8 Å². The van der Waals surface area contributed by atoms with E-state index in [9.17, 15) is 4.79 Å². The Morgan fingerprint density at radius 3 is 2.16 bits per heavy atom. The highest BCUT2D eigenvalue weighted by Crippen LogP contribution is 2.17. The van der Waals surface area contributed by atoms with Gasteiger partial charge in [-0.25, -0.2) is 0 Å². The standard InChI is InChI=1S/C17H32N4O2.2ClH/c22-17(21-7-4-18-5-8-21)1-6-19-9-11-20(12-10-19)15-16-2-13-23-14-3-16;;/h16,18H,1-15H2;2*1H. The number of hydrogen-bond acceptors (Lipinski definition) is 5. The van der Waals surface area contributed by atoms with Gasteiger partial charge >= 0.3 is 0 Å². The molecule has 3 saturated heterocycles. The van der Waals surface area contributed by atoms with E-state index in [2.05, 4.69) is 15.1 Å². The maximum Gasteiger partial charge on any atom is 0.223 e. The summed E-state index contributed by atoms with van der Waals surface area (Å²) in [5, 5.41) is 3.30. The molecule has 6 nitrogen and oxygen atoms in total. The highest BCUT2D eigenvalue weighted by atomic mass is 35.5. The molecule has 0 spiro atoms. The molecule has 0 radical (unpaired) electrons. The molecule has 3 rings (SSSR count). The molecule has 0 aliphatic carbocycles. The molecule has 3 aliphatic heterocycles. The van der Waals surface area contributed by atoms with Gasteiger partial charge < -0.3 is 24.8 Å². The number of carbonyl (C=O) groups is 1. The zero-order valence-electron chi connectivity index (χ0n) is 15.2. The van der Waals surface area contributed by atoms with Gasteiger partial charge in [0.2, 0.25) is 5.91 Å². The van der Waals surface area contributed by atoms with Gasteiger partial charge in [-0.05, 0) is 18.8 Å². The second-order valence-corrected chi connectivity index (χ2v) is 7.08. The van der Waals surface area contributed by atoms with Crippen LogP contribution in [0, 0.1) is 5.92 Å². The number of halogens is 2. The van der Waals surface area contributed by atoms with E-state index in [4.69, 9.17) is 4.74 Å². The minimum atomic E-state index is 0. The van der Waals surface area contributed by atoms with Crippen LogP contribution in [-0.4, -0.2) is 99.3 Å². The van der Waals surface area contributed by atoms with Crippen LogP contribution in [-0.2, 0) is 9.53 Å². The van der Waals surface area contributed by atoms with Gasteiger partial charge in [0.05, 0.1) is 0 Å². The van der Waals surface area contributed by atoms with Crippen molar-refractivity contribution >= 4 is 30.7 Å². The van der Waals surface area contributed by atoms with Crippen LogP contribution in [0.5, 0.6) is 0 Å².